The number of amides is 1. The van der Waals surface area contributed by atoms with Crippen LogP contribution in [0.2, 0.25) is 0 Å². The smallest absolute Gasteiger partial charge is 0.276 e. The monoisotopic (exact) mass is 339 g/mol. The molecule has 0 aromatic heterocycles. The molecule has 0 heterocycles. The maximum absolute atomic E-state index is 11.7. The molecule has 0 saturated heterocycles. The van der Waals surface area contributed by atoms with Crippen LogP contribution in [-0.4, -0.2) is 37.4 Å². The van der Waals surface area contributed by atoms with E-state index >= 15 is 0 Å². The number of rotatable bonds is 7. The number of hydrazine groups is 1. The van der Waals surface area contributed by atoms with Gasteiger partial charge in [0.2, 0.25) is 0 Å². The number of nitrogens with one attached hydrogen (secondary N) is 3. The second-order valence-corrected chi connectivity index (χ2v) is 5.92. The van der Waals surface area contributed by atoms with Gasteiger partial charge < -0.3 is 14.8 Å². The molecule has 0 bridgehead atoms. The predicted octanol–water partition coefficient (Wildman–Crippen LogP) is 1.72. The second-order valence-electron chi connectivity index (χ2n) is 5.52. The molecule has 1 rings (SSSR count). The van der Waals surface area contributed by atoms with Crippen molar-refractivity contribution < 1.29 is 14.3 Å². The Morgan fingerprint density at radius 1 is 1.17 bits per heavy atom. The zero-order valence-electron chi connectivity index (χ0n) is 14.0. The third-order valence-electron chi connectivity index (χ3n) is 3.03. The highest BCUT2D eigenvalue weighted by Crippen LogP contribution is 2.18. The molecular formula is C16H25N3O3S. The normalized spacial score (nSPS) is 11.7. The lowest BCUT2D eigenvalue weighted by molar-refractivity contribution is -0.123. The first-order valence-electron chi connectivity index (χ1n) is 7.49. The number of ether oxygens (including phenoxy) is 2. The predicted molar refractivity (Wildman–Crippen MR) is 94.4 cm³/mol. The molecule has 0 unspecified atom stereocenters. The fourth-order valence-electron chi connectivity index (χ4n) is 1.81. The Hall–Kier alpha value is -1.86. The molecule has 23 heavy (non-hydrogen) atoms. The van der Waals surface area contributed by atoms with Crippen molar-refractivity contribution in [2.75, 3.05) is 20.3 Å². The van der Waals surface area contributed by atoms with Gasteiger partial charge in [0.15, 0.2) is 11.7 Å². The van der Waals surface area contributed by atoms with Crippen molar-refractivity contribution in [1.29, 1.82) is 0 Å². The lowest BCUT2D eigenvalue weighted by Gasteiger charge is -2.16. The minimum absolute atomic E-state index is 0.0487. The van der Waals surface area contributed by atoms with E-state index in [1.165, 1.54) is 5.56 Å². The van der Waals surface area contributed by atoms with Crippen LogP contribution in [0.3, 0.4) is 0 Å². The molecule has 0 fully saturated rings. The first-order valence-corrected chi connectivity index (χ1v) is 7.90. The Labute approximate surface area is 142 Å². The van der Waals surface area contributed by atoms with Gasteiger partial charge in [0.05, 0.1) is 6.61 Å². The summed E-state index contributed by atoms with van der Waals surface area (Å²) in [6.07, 6.45) is 0. The number of hydrogen-bond donors (Lipinski definition) is 3. The summed E-state index contributed by atoms with van der Waals surface area (Å²) in [6, 6.07) is 7.75. The van der Waals surface area contributed by atoms with E-state index in [0.29, 0.717) is 23.4 Å². The Morgan fingerprint density at radius 3 is 2.39 bits per heavy atom. The van der Waals surface area contributed by atoms with Crippen molar-refractivity contribution in [2.24, 2.45) is 0 Å². The first kappa shape index (κ1) is 19.2. The van der Waals surface area contributed by atoms with Gasteiger partial charge in [-0.05, 0) is 42.8 Å². The van der Waals surface area contributed by atoms with Crippen LogP contribution >= 0.6 is 12.2 Å². The molecule has 1 aromatic rings. The third-order valence-corrected chi connectivity index (χ3v) is 3.25. The average Bonchev–Trinajstić information content (AvgIpc) is 2.51. The zero-order valence-corrected chi connectivity index (χ0v) is 14.8. The van der Waals surface area contributed by atoms with Crippen molar-refractivity contribution in [2.45, 2.75) is 32.7 Å². The van der Waals surface area contributed by atoms with Crippen molar-refractivity contribution in [3.05, 3.63) is 29.8 Å². The summed E-state index contributed by atoms with van der Waals surface area (Å²) < 4.78 is 10.4. The largest absolute Gasteiger partial charge is 0.484 e. The summed E-state index contributed by atoms with van der Waals surface area (Å²) >= 11 is 5.05. The molecular weight excluding hydrogens is 314 g/mol. The molecule has 0 aliphatic rings. The molecule has 1 aromatic carbocycles. The van der Waals surface area contributed by atoms with Gasteiger partial charge in [-0.2, -0.15) is 0 Å². The van der Waals surface area contributed by atoms with Gasteiger partial charge in [-0.25, -0.2) is 0 Å². The van der Waals surface area contributed by atoms with Gasteiger partial charge in [0, 0.05) is 13.2 Å². The van der Waals surface area contributed by atoms with Crippen LogP contribution < -0.4 is 20.9 Å². The van der Waals surface area contributed by atoms with Gasteiger partial charge in [-0.15, -0.1) is 0 Å². The number of methoxy groups -OCH3 is 1. The molecule has 0 spiro atoms. The number of benzene rings is 1. The van der Waals surface area contributed by atoms with Gasteiger partial charge in [0.1, 0.15) is 5.75 Å². The average molecular weight is 339 g/mol. The Kier molecular flexibility index (Phi) is 8.36. The molecule has 0 radical (unpaired) electrons. The topological polar surface area (TPSA) is 71.6 Å². The first-order chi connectivity index (χ1) is 10.9. The molecule has 6 nitrogen and oxygen atoms in total. The minimum atomic E-state index is -0.318. The highest BCUT2D eigenvalue weighted by atomic mass is 32.1. The third kappa shape index (κ3) is 7.80. The van der Waals surface area contributed by atoms with Crippen LogP contribution in [0.5, 0.6) is 5.75 Å². The second kappa shape index (κ2) is 10.0. The lowest BCUT2D eigenvalue weighted by atomic mass is 10.0. The molecule has 7 heteroatoms. The highest BCUT2D eigenvalue weighted by molar-refractivity contribution is 7.80. The fourth-order valence-corrected chi connectivity index (χ4v) is 2.06. The van der Waals surface area contributed by atoms with Crippen molar-refractivity contribution in [3.8, 4) is 5.75 Å². The van der Waals surface area contributed by atoms with E-state index in [9.17, 15) is 4.79 Å². The van der Waals surface area contributed by atoms with Crippen LogP contribution in [0.15, 0.2) is 24.3 Å². The maximum Gasteiger partial charge on any atom is 0.276 e. The number of carbonyl (C=O) groups is 1. The van der Waals surface area contributed by atoms with E-state index in [2.05, 4.69) is 30.0 Å². The van der Waals surface area contributed by atoms with E-state index < -0.39 is 0 Å². The summed E-state index contributed by atoms with van der Waals surface area (Å²) in [6.45, 7) is 6.59. The van der Waals surface area contributed by atoms with Gasteiger partial charge in [-0.3, -0.25) is 15.6 Å². The van der Waals surface area contributed by atoms with Gasteiger partial charge in [0.25, 0.3) is 5.91 Å². The van der Waals surface area contributed by atoms with Crippen molar-refractivity contribution in [1.82, 2.24) is 16.2 Å². The van der Waals surface area contributed by atoms with E-state index in [0.717, 1.165) is 0 Å². The van der Waals surface area contributed by atoms with E-state index in [4.69, 9.17) is 21.7 Å². The van der Waals surface area contributed by atoms with Crippen LogP contribution in [0.4, 0.5) is 0 Å². The fraction of sp³-hybridized carbons (Fsp3) is 0.500. The van der Waals surface area contributed by atoms with E-state index in [1.54, 1.807) is 7.11 Å². The number of carbonyl (C=O) groups excluding carboxylic acids is 1. The Bertz CT molecular complexity index is 506. The Morgan fingerprint density at radius 2 is 1.83 bits per heavy atom. The summed E-state index contributed by atoms with van der Waals surface area (Å²) in [5, 5.41) is 3.29. The Balaban J connectivity index is 2.27. The van der Waals surface area contributed by atoms with Gasteiger partial charge >= 0.3 is 0 Å². The van der Waals surface area contributed by atoms with Gasteiger partial charge in [-0.1, -0.05) is 26.0 Å². The number of thiocarbonyl (C=S) groups is 1. The summed E-state index contributed by atoms with van der Waals surface area (Å²) in [5.41, 5.74) is 6.32. The number of hydrogen-bond acceptors (Lipinski definition) is 4. The van der Waals surface area contributed by atoms with Crippen molar-refractivity contribution in [3.63, 3.8) is 0 Å². The summed E-state index contributed by atoms with van der Waals surface area (Å²) in [4.78, 5) is 11.7. The summed E-state index contributed by atoms with van der Waals surface area (Å²) in [5.74, 6) is 0.797. The highest BCUT2D eigenvalue weighted by Gasteiger charge is 2.06. The quantitative estimate of drug-likeness (QED) is 0.519. The van der Waals surface area contributed by atoms with Crippen LogP contribution in [-0.2, 0) is 9.53 Å². The molecule has 1 amide bonds. The van der Waals surface area contributed by atoms with Crippen LogP contribution in [0.1, 0.15) is 32.3 Å². The van der Waals surface area contributed by atoms with Crippen LogP contribution in [0, 0.1) is 0 Å². The summed E-state index contributed by atoms with van der Waals surface area (Å²) in [7, 11) is 1.61. The molecule has 0 saturated carbocycles. The molecule has 1 atom stereocenters. The molecule has 0 aliphatic carbocycles. The standard InChI is InChI=1S/C16H25N3O3S/c1-11(2)13-5-7-14(8-6-13)22-10-15(20)18-19-16(23)17-12(3)9-21-4/h5-8,11-12H,9-10H2,1-4H3,(H,18,20)(H2,17,19,23)/t12-/m1/s1. The molecule has 0 aliphatic heterocycles. The van der Waals surface area contributed by atoms with Crippen molar-refractivity contribution >= 4 is 23.2 Å². The molecule has 128 valence electrons. The van der Waals surface area contributed by atoms with E-state index in [1.807, 2.05) is 31.2 Å². The maximum atomic E-state index is 11.7. The SMILES string of the molecule is COC[C@@H](C)NC(=S)NNC(=O)COc1ccc(C(C)C)cc1. The van der Waals surface area contributed by atoms with E-state index in [-0.39, 0.29) is 18.6 Å². The van der Waals surface area contributed by atoms with Crippen LogP contribution in [0.25, 0.3) is 0 Å². The zero-order chi connectivity index (χ0) is 17.2. The lowest BCUT2D eigenvalue weighted by Crippen LogP contribution is -2.50. The molecule has 3 N–H and O–H groups in total. The minimum Gasteiger partial charge on any atom is -0.484 e.